The fraction of sp³-hybridized carbons (Fsp3) is 0.364. The Morgan fingerprint density at radius 2 is 1.86 bits per heavy atom. The topological polar surface area (TPSA) is 60.3 Å². The Morgan fingerprint density at radius 1 is 1.18 bits per heavy atom. The molecular weight excluding hydrogens is 372 g/mol. The molecule has 0 spiro atoms. The molecule has 28 heavy (non-hydrogen) atoms. The highest BCUT2D eigenvalue weighted by Gasteiger charge is 2.20. The van der Waals surface area contributed by atoms with Crippen LogP contribution in [-0.4, -0.2) is 16.6 Å². The number of aromatic nitrogens is 1. The number of hydrogen-bond donors (Lipinski definition) is 1. The Kier molecular flexibility index (Phi) is 5.61. The summed E-state index contributed by atoms with van der Waals surface area (Å²) < 4.78 is 8.36. The number of amides is 1. The molecule has 0 saturated heterocycles. The Balaban J connectivity index is 1.72. The summed E-state index contributed by atoms with van der Waals surface area (Å²) >= 11 is 1.16. The molecule has 2 aromatic carbocycles. The van der Waals surface area contributed by atoms with Crippen LogP contribution in [0.5, 0.6) is 5.75 Å². The van der Waals surface area contributed by atoms with Crippen molar-refractivity contribution in [2.45, 2.75) is 45.6 Å². The molecule has 0 aliphatic carbocycles. The number of thiazole rings is 1. The Labute approximate surface area is 169 Å². The van der Waals surface area contributed by atoms with E-state index in [1.54, 1.807) is 17.7 Å². The maximum atomic E-state index is 12.7. The van der Waals surface area contributed by atoms with Crippen molar-refractivity contribution in [2.24, 2.45) is 7.05 Å². The summed E-state index contributed by atoms with van der Waals surface area (Å²) in [5.41, 5.74) is 2.80. The standard InChI is InChI=1S/C22H26N2O3S/c1-6-18(27-16-10-7-14(8-11-16)22(2,3)4)20(25)23-15-9-12-17-19(13-15)28-21(26)24(17)5/h7-13,18H,6H2,1-5H3,(H,23,25). The first kappa shape index (κ1) is 20.1. The van der Waals surface area contributed by atoms with E-state index < -0.39 is 6.10 Å². The number of carbonyl (C=O) groups excluding carboxylic acids is 1. The van der Waals surface area contributed by atoms with Crippen molar-refractivity contribution < 1.29 is 9.53 Å². The lowest BCUT2D eigenvalue weighted by Gasteiger charge is -2.21. The Morgan fingerprint density at radius 3 is 2.46 bits per heavy atom. The van der Waals surface area contributed by atoms with E-state index in [0.717, 1.165) is 21.6 Å². The van der Waals surface area contributed by atoms with E-state index in [9.17, 15) is 9.59 Å². The number of nitrogens with one attached hydrogen (secondary N) is 1. The van der Waals surface area contributed by atoms with Gasteiger partial charge in [-0.05, 0) is 47.7 Å². The van der Waals surface area contributed by atoms with E-state index >= 15 is 0 Å². The number of benzene rings is 2. The average molecular weight is 399 g/mol. The maximum Gasteiger partial charge on any atom is 0.307 e. The molecule has 1 aromatic heterocycles. The van der Waals surface area contributed by atoms with Crippen molar-refractivity contribution >= 4 is 33.1 Å². The zero-order valence-electron chi connectivity index (χ0n) is 16.9. The van der Waals surface area contributed by atoms with Crippen molar-refractivity contribution in [1.29, 1.82) is 0 Å². The summed E-state index contributed by atoms with van der Waals surface area (Å²) in [4.78, 5) is 24.5. The lowest BCUT2D eigenvalue weighted by Crippen LogP contribution is -2.32. The third-order valence-corrected chi connectivity index (χ3v) is 5.72. The molecule has 5 nitrogen and oxygen atoms in total. The summed E-state index contributed by atoms with van der Waals surface area (Å²) in [6.07, 6.45) is -0.0426. The van der Waals surface area contributed by atoms with Crippen LogP contribution in [0.3, 0.4) is 0 Å². The van der Waals surface area contributed by atoms with Gasteiger partial charge in [0.2, 0.25) is 0 Å². The van der Waals surface area contributed by atoms with Gasteiger partial charge in [0.25, 0.3) is 5.91 Å². The minimum absolute atomic E-state index is 0.0213. The minimum atomic E-state index is -0.592. The quantitative estimate of drug-likeness (QED) is 0.678. The molecule has 1 unspecified atom stereocenters. The molecule has 1 heterocycles. The summed E-state index contributed by atoms with van der Waals surface area (Å²) in [5, 5.41) is 2.90. The van der Waals surface area contributed by atoms with Crippen LogP contribution >= 0.6 is 11.3 Å². The smallest absolute Gasteiger partial charge is 0.307 e. The summed E-state index contributed by atoms with van der Waals surface area (Å²) in [5.74, 6) is 0.469. The molecule has 0 aliphatic rings. The van der Waals surface area contributed by atoms with Gasteiger partial charge in [0.1, 0.15) is 5.75 Å². The zero-order chi connectivity index (χ0) is 20.5. The summed E-state index contributed by atoms with van der Waals surface area (Å²) in [6, 6.07) is 13.3. The summed E-state index contributed by atoms with van der Waals surface area (Å²) in [7, 11) is 1.74. The number of ether oxygens (including phenoxy) is 1. The molecule has 1 amide bonds. The number of aryl methyl sites for hydroxylation is 1. The van der Waals surface area contributed by atoms with E-state index in [4.69, 9.17) is 4.74 Å². The van der Waals surface area contributed by atoms with E-state index in [2.05, 4.69) is 26.1 Å². The van der Waals surface area contributed by atoms with Crippen molar-refractivity contribution in [3.05, 3.63) is 57.7 Å². The fourth-order valence-electron chi connectivity index (χ4n) is 2.95. The molecule has 0 fully saturated rings. The van der Waals surface area contributed by atoms with Crippen molar-refractivity contribution in [3.8, 4) is 5.75 Å². The number of nitrogens with zero attached hydrogens (tertiary/aromatic N) is 1. The highest BCUT2D eigenvalue weighted by molar-refractivity contribution is 7.16. The number of carbonyl (C=O) groups is 1. The highest BCUT2D eigenvalue weighted by atomic mass is 32.1. The van der Waals surface area contributed by atoms with E-state index in [1.807, 2.05) is 43.3 Å². The molecule has 1 atom stereocenters. The lowest BCUT2D eigenvalue weighted by atomic mass is 9.87. The lowest BCUT2D eigenvalue weighted by molar-refractivity contribution is -0.122. The van der Waals surface area contributed by atoms with E-state index in [-0.39, 0.29) is 16.2 Å². The van der Waals surface area contributed by atoms with Crippen molar-refractivity contribution in [1.82, 2.24) is 4.57 Å². The Bertz CT molecular complexity index is 1040. The largest absolute Gasteiger partial charge is 0.481 e. The molecule has 0 aliphatic heterocycles. The minimum Gasteiger partial charge on any atom is -0.481 e. The van der Waals surface area contributed by atoms with Crippen molar-refractivity contribution in [2.75, 3.05) is 5.32 Å². The molecule has 148 valence electrons. The third kappa shape index (κ3) is 4.28. The van der Waals surface area contributed by atoms with Gasteiger partial charge in [0, 0.05) is 12.7 Å². The van der Waals surface area contributed by atoms with Crippen LogP contribution in [0.4, 0.5) is 5.69 Å². The molecule has 0 radical (unpaired) electrons. The van der Waals surface area contributed by atoms with Gasteiger partial charge in [-0.2, -0.15) is 0 Å². The van der Waals surface area contributed by atoms with Crippen LogP contribution in [0.1, 0.15) is 39.7 Å². The van der Waals surface area contributed by atoms with Crippen LogP contribution < -0.4 is 14.9 Å². The highest BCUT2D eigenvalue weighted by Crippen LogP contribution is 2.25. The number of hydrogen-bond acceptors (Lipinski definition) is 4. The van der Waals surface area contributed by atoms with E-state index in [0.29, 0.717) is 17.9 Å². The monoisotopic (exact) mass is 398 g/mol. The number of fused-ring (bicyclic) bond motifs is 1. The maximum absolute atomic E-state index is 12.7. The second-order valence-corrected chi connectivity index (χ2v) is 8.88. The second-order valence-electron chi connectivity index (χ2n) is 7.89. The van der Waals surface area contributed by atoms with Gasteiger partial charge in [0.05, 0.1) is 10.2 Å². The van der Waals surface area contributed by atoms with Crippen LogP contribution in [0.25, 0.3) is 10.2 Å². The van der Waals surface area contributed by atoms with Gasteiger partial charge in [-0.3, -0.25) is 9.59 Å². The first-order valence-corrected chi connectivity index (χ1v) is 10.2. The van der Waals surface area contributed by atoms with Gasteiger partial charge in [-0.25, -0.2) is 0 Å². The predicted octanol–water partition coefficient (Wildman–Crippen LogP) is 4.69. The first-order valence-electron chi connectivity index (χ1n) is 9.36. The van der Waals surface area contributed by atoms with Crippen LogP contribution in [0, 0.1) is 0 Å². The molecule has 1 N–H and O–H groups in total. The zero-order valence-corrected chi connectivity index (χ0v) is 17.7. The second kappa shape index (κ2) is 7.80. The fourth-order valence-corrected chi connectivity index (χ4v) is 3.87. The SMILES string of the molecule is CCC(Oc1ccc(C(C)(C)C)cc1)C(=O)Nc1ccc2c(c1)sc(=O)n2C. The van der Waals surface area contributed by atoms with Gasteiger partial charge >= 0.3 is 4.87 Å². The molecule has 6 heteroatoms. The van der Waals surface area contributed by atoms with E-state index in [1.165, 1.54) is 5.56 Å². The van der Waals surface area contributed by atoms with Gasteiger partial charge in [-0.1, -0.05) is 51.2 Å². The first-order chi connectivity index (χ1) is 13.2. The van der Waals surface area contributed by atoms with Crippen LogP contribution in [0.15, 0.2) is 47.3 Å². The van der Waals surface area contributed by atoms with Gasteiger partial charge in [-0.15, -0.1) is 0 Å². The molecule has 3 aromatic rings. The molecule has 3 rings (SSSR count). The summed E-state index contributed by atoms with van der Waals surface area (Å²) in [6.45, 7) is 8.39. The van der Waals surface area contributed by atoms with Gasteiger partial charge in [0.15, 0.2) is 6.10 Å². The molecular formula is C22H26N2O3S. The molecule has 0 bridgehead atoms. The normalized spacial score (nSPS) is 12.8. The predicted molar refractivity (Wildman–Crippen MR) is 116 cm³/mol. The van der Waals surface area contributed by atoms with Crippen LogP contribution in [0.2, 0.25) is 0 Å². The van der Waals surface area contributed by atoms with Crippen molar-refractivity contribution in [3.63, 3.8) is 0 Å². The third-order valence-electron chi connectivity index (χ3n) is 4.72. The number of anilines is 1. The number of rotatable bonds is 5. The van der Waals surface area contributed by atoms with Crippen LogP contribution in [-0.2, 0) is 17.3 Å². The molecule has 0 saturated carbocycles. The average Bonchev–Trinajstić information content (AvgIpc) is 2.92. The van der Waals surface area contributed by atoms with Gasteiger partial charge < -0.3 is 14.6 Å². The Hall–Kier alpha value is -2.60.